The molecule has 0 saturated heterocycles. The molecule has 4 aromatic rings. The zero-order valence-corrected chi connectivity index (χ0v) is 18.6. The number of benzene rings is 2. The van der Waals surface area contributed by atoms with Crippen molar-refractivity contribution in [3.8, 4) is 11.1 Å². The molecular weight excluding hydrogens is 416 g/mol. The maximum Gasteiger partial charge on any atom is 0.329 e. The van der Waals surface area contributed by atoms with Crippen molar-refractivity contribution in [1.29, 1.82) is 0 Å². The lowest BCUT2D eigenvalue weighted by Crippen LogP contribution is -2.43. The summed E-state index contributed by atoms with van der Waals surface area (Å²) in [6, 6.07) is 18.4. The Hall–Kier alpha value is -3.65. The van der Waals surface area contributed by atoms with Gasteiger partial charge in [0.25, 0.3) is 5.56 Å². The van der Waals surface area contributed by atoms with Crippen molar-refractivity contribution in [3.05, 3.63) is 81.0 Å². The molecule has 0 spiro atoms. The van der Waals surface area contributed by atoms with Crippen molar-refractivity contribution in [2.75, 3.05) is 5.32 Å². The Balaban J connectivity index is 1.65. The van der Waals surface area contributed by atoms with Crippen LogP contribution in [0.2, 0.25) is 0 Å². The molecule has 0 radical (unpaired) electrons. The molecule has 0 bridgehead atoms. The van der Waals surface area contributed by atoms with Gasteiger partial charge in [-0.05, 0) is 29.5 Å². The highest BCUT2D eigenvalue weighted by Gasteiger charge is 2.25. The van der Waals surface area contributed by atoms with Gasteiger partial charge in [-0.2, -0.15) is 4.98 Å². The first-order valence-corrected chi connectivity index (χ1v) is 11.4. The normalized spacial score (nSPS) is 18.5. The number of nitrogens with zero attached hydrogens (tertiary/aromatic N) is 3. The second kappa shape index (κ2) is 8.71. The quantitative estimate of drug-likeness (QED) is 0.438. The first-order valence-electron chi connectivity index (χ1n) is 11.4. The van der Waals surface area contributed by atoms with Crippen LogP contribution in [0, 0.1) is 0 Å². The zero-order chi connectivity index (χ0) is 22.9. The lowest BCUT2D eigenvalue weighted by Gasteiger charge is -2.29. The Bertz CT molecular complexity index is 1400. The van der Waals surface area contributed by atoms with Gasteiger partial charge in [0.2, 0.25) is 5.95 Å². The van der Waals surface area contributed by atoms with Gasteiger partial charge in [0.1, 0.15) is 0 Å². The highest BCUT2D eigenvalue weighted by atomic mass is 16.2. The molecular formula is C25H28N6O2. The summed E-state index contributed by atoms with van der Waals surface area (Å²) in [5, 5.41) is 3.50. The summed E-state index contributed by atoms with van der Waals surface area (Å²) in [6.45, 7) is 0.424. The van der Waals surface area contributed by atoms with Crippen molar-refractivity contribution >= 4 is 17.1 Å². The first kappa shape index (κ1) is 21.2. The van der Waals surface area contributed by atoms with E-state index >= 15 is 0 Å². The summed E-state index contributed by atoms with van der Waals surface area (Å²) in [5.41, 5.74) is 9.41. The summed E-state index contributed by atoms with van der Waals surface area (Å²) in [7, 11) is 1.62. The van der Waals surface area contributed by atoms with E-state index in [-0.39, 0.29) is 12.1 Å². The molecule has 2 aromatic carbocycles. The standard InChI is InChI=1S/C25H28N6O2/c1-30-22-21(23(32)29-25(30)33)31(24(28-22)27-20-14-8-7-13-19(20)26)15-17-11-5-6-12-18(17)16-9-3-2-4-10-16/h2-6,9-12,19-20H,7-8,13-15,26H2,1H3,(H,27,28)(H,29,32,33)/t19-,20?/m0/s1. The number of anilines is 1. The number of fused-ring (bicyclic) bond motifs is 1. The molecule has 8 heteroatoms. The van der Waals surface area contributed by atoms with E-state index in [0.29, 0.717) is 23.7 Å². The van der Waals surface area contributed by atoms with Crippen LogP contribution in [-0.2, 0) is 13.6 Å². The highest BCUT2D eigenvalue weighted by molar-refractivity contribution is 5.75. The number of aromatic nitrogens is 4. The first-order chi connectivity index (χ1) is 16.0. The lowest BCUT2D eigenvalue weighted by molar-refractivity contribution is 0.401. The van der Waals surface area contributed by atoms with Crippen molar-refractivity contribution in [2.45, 2.75) is 44.3 Å². The number of rotatable bonds is 5. The van der Waals surface area contributed by atoms with Crippen LogP contribution in [-0.4, -0.2) is 31.2 Å². The van der Waals surface area contributed by atoms with Crippen LogP contribution in [0.5, 0.6) is 0 Å². The minimum Gasteiger partial charge on any atom is -0.351 e. The summed E-state index contributed by atoms with van der Waals surface area (Å²) < 4.78 is 3.25. The van der Waals surface area contributed by atoms with Crippen LogP contribution in [0.15, 0.2) is 64.2 Å². The highest BCUT2D eigenvalue weighted by Crippen LogP contribution is 2.28. The molecule has 4 N–H and O–H groups in total. The predicted octanol–water partition coefficient (Wildman–Crippen LogP) is 2.82. The van der Waals surface area contributed by atoms with E-state index in [9.17, 15) is 9.59 Å². The second-order valence-electron chi connectivity index (χ2n) is 8.73. The fourth-order valence-electron chi connectivity index (χ4n) is 4.73. The molecule has 2 atom stereocenters. The molecule has 1 aliphatic carbocycles. The van der Waals surface area contributed by atoms with Gasteiger partial charge in [-0.15, -0.1) is 0 Å². The van der Waals surface area contributed by atoms with Gasteiger partial charge in [0.05, 0.1) is 6.54 Å². The Labute approximate surface area is 191 Å². The number of imidazole rings is 1. The van der Waals surface area contributed by atoms with Crippen LogP contribution < -0.4 is 22.3 Å². The molecule has 5 rings (SSSR count). The van der Waals surface area contributed by atoms with Crippen molar-refractivity contribution in [3.63, 3.8) is 0 Å². The van der Waals surface area contributed by atoms with Crippen molar-refractivity contribution in [1.82, 2.24) is 19.1 Å². The van der Waals surface area contributed by atoms with Crippen LogP contribution in [0.1, 0.15) is 31.2 Å². The zero-order valence-electron chi connectivity index (χ0n) is 18.6. The van der Waals surface area contributed by atoms with E-state index in [1.165, 1.54) is 4.57 Å². The molecule has 2 aromatic heterocycles. The van der Waals surface area contributed by atoms with Gasteiger partial charge in [-0.3, -0.25) is 18.9 Å². The summed E-state index contributed by atoms with van der Waals surface area (Å²) >= 11 is 0. The van der Waals surface area contributed by atoms with Gasteiger partial charge < -0.3 is 11.1 Å². The van der Waals surface area contributed by atoms with Gasteiger partial charge in [-0.25, -0.2) is 4.79 Å². The molecule has 0 amide bonds. The van der Waals surface area contributed by atoms with Gasteiger partial charge in [0.15, 0.2) is 11.2 Å². The third kappa shape index (κ3) is 3.98. The Morgan fingerprint density at radius 1 is 1.06 bits per heavy atom. The third-order valence-electron chi connectivity index (χ3n) is 6.57. The smallest absolute Gasteiger partial charge is 0.329 e. The SMILES string of the molecule is Cn1c(=O)[nH]c(=O)c2c1nc(NC1CCCC[C@@H]1N)n2Cc1ccccc1-c1ccccc1. The minimum absolute atomic E-state index is 0.0192. The Kier molecular flexibility index (Phi) is 5.60. The number of hydrogen-bond donors (Lipinski definition) is 3. The molecule has 33 heavy (non-hydrogen) atoms. The van der Waals surface area contributed by atoms with E-state index in [4.69, 9.17) is 10.7 Å². The summed E-state index contributed by atoms with van der Waals surface area (Å²) in [6.07, 6.45) is 4.12. The number of nitrogens with one attached hydrogen (secondary N) is 2. The van der Waals surface area contributed by atoms with Crippen LogP contribution >= 0.6 is 0 Å². The van der Waals surface area contributed by atoms with Crippen molar-refractivity contribution in [2.24, 2.45) is 12.8 Å². The number of H-pyrrole nitrogens is 1. The predicted molar refractivity (Wildman–Crippen MR) is 130 cm³/mol. The average Bonchev–Trinajstić information content (AvgIpc) is 3.18. The Morgan fingerprint density at radius 2 is 1.79 bits per heavy atom. The topological polar surface area (TPSA) is 111 Å². The molecule has 2 heterocycles. The number of aryl methyl sites for hydroxylation is 1. The lowest BCUT2D eigenvalue weighted by atomic mass is 9.91. The number of aromatic amines is 1. The molecule has 170 valence electrons. The minimum atomic E-state index is -0.484. The van der Waals surface area contributed by atoms with Crippen LogP contribution in [0.4, 0.5) is 5.95 Å². The van der Waals surface area contributed by atoms with Gasteiger partial charge >= 0.3 is 5.69 Å². The fraction of sp³-hybridized carbons (Fsp3) is 0.320. The number of nitrogens with two attached hydrogens (primary N) is 1. The molecule has 1 fully saturated rings. The molecule has 8 nitrogen and oxygen atoms in total. The van der Waals surface area contributed by atoms with E-state index in [2.05, 4.69) is 34.6 Å². The fourth-order valence-corrected chi connectivity index (χ4v) is 4.73. The molecule has 0 aliphatic heterocycles. The maximum absolute atomic E-state index is 12.9. The van der Waals surface area contributed by atoms with Gasteiger partial charge in [-0.1, -0.05) is 67.4 Å². The van der Waals surface area contributed by atoms with Crippen molar-refractivity contribution < 1.29 is 0 Å². The largest absolute Gasteiger partial charge is 0.351 e. The summed E-state index contributed by atoms with van der Waals surface area (Å²) in [4.78, 5) is 32.3. The molecule has 1 aliphatic rings. The van der Waals surface area contributed by atoms with Crippen LogP contribution in [0.3, 0.4) is 0 Å². The molecule has 1 unspecified atom stereocenters. The second-order valence-corrected chi connectivity index (χ2v) is 8.73. The number of hydrogen-bond acceptors (Lipinski definition) is 5. The molecule has 1 saturated carbocycles. The van der Waals surface area contributed by atoms with Gasteiger partial charge in [0, 0.05) is 19.1 Å². The Morgan fingerprint density at radius 3 is 2.58 bits per heavy atom. The van der Waals surface area contributed by atoms with E-state index < -0.39 is 11.2 Å². The monoisotopic (exact) mass is 444 g/mol. The van der Waals surface area contributed by atoms with Crippen LogP contribution in [0.25, 0.3) is 22.3 Å². The third-order valence-corrected chi connectivity index (χ3v) is 6.57. The average molecular weight is 445 g/mol. The van der Waals surface area contributed by atoms with E-state index in [1.54, 1.807) is 7.05 Å². The van der Waals surface area contributed by atoms with E-state index in [0.717, 1.165) is 42.4 Å². The van der Waals surface area contributed by atoms with E-state index in [1.807, 2.05) is 34.9 Å². The summed E-state index contributed by atoms with van der Waals surface area (Å²) in [5.74, 6) is 0.557. The maximum atomic E-state index is 12.9.